The Balaban J connectivity index is 1.56. The molecule has 0 N–H and O–H groups in total. The third-order valence-corrected chi connectivity index (χ3v) is 3.68. The largest absolute Gasteiger partial charge is 0.368 e. The van der Waals surface area contributed by atoms with Crippen molar-refractivity contribution < 1.29 is 9.53 Å². The van der Waals surface area contributed by atoms with Crippen LogP contribution in [0.1, 0.15) is 23.8 Å². The topological polar surface area (TPSA) is 68.2 Å². The third kappa shape index (κ3) is 3.65. The van der Waals surface area contributed by atoms with Crippen LogP contribution in [0.4, 0.5) is 0 Å². The van der Waals surface area contributed by atoms with E-state index in [0.29, 0.717) is 32.5 Å². The molecule has 0 aliphatic carbocycles. The standard InChI is InChI=1S/C16H18N4O2/c21-16(4-3-13-2-1-5-17-10-13)20-8-9-22-15(12-20)14-11-18-6-7-19-14/h1-2,5-7,10-11,15H,3-4,8-9,12H2/t15-/m1/s1. The summed E-state index contributed by atoms with van der Waals surface area (Å²) in [5, 5.41) is 0. The van der Waals surface area contributed by atoms with Crippen molar-refractivity contribution in [3.8, 4) is 0 Å². The summed E-state index contributed by atoms with van der Waals surface area (Å²) in [5.74, 6) is 0.140. The Morgan fingerprint density at radius 1 is 1.27 bits per heavy atom. The van der Waals surface area contributed by atoms with Gasteiger partial charge in [0.05, 0.1) is 25.0 Å². The first-order chi connectivity index (χ1) is 10.8. The fraction of sp³-hybridized carbons (Fsp3) is 0.375. The van der Waals surface area contributed by atoms with Crippen molar-refractivity contribution in [3.05, 3.63) is 54.4 Å². The molecule has 0 spiro atoms. The van der Waals surface area contributed by atoms with Crippen molar-refractivity contribution in [2.75, 3.05) is 19.7 Å². The van der Waals surface area contributed by atoms with Gasteiger partial charge >= 0.3 is 0 Å². The van der Waals surface area contributed by atoms with Crippen LogP contribution in [-0.4, -0.2) is 45.5 Å². The van der Waals surface area contributed by atoms with Gasteiger partial charge in [-0.15, -0.1) is 0 Å². The van der Waals surface area contributed by atoms with Crippen LogP contribution in [-0.2, 0) is 16.0 Å². The Labute approximate surface area is 129 Å². The van der Waals surface area contributed by atoms with Gasteiger partial charge in [0.25, 0.3) is 0 Å². The van der Waals surface area contributed by atoms with Crippen LogP contribution in [0.15, 0.2) is 43.1 Å². The lowest BCUT2D eigenvalue weighted by molar-refractivity contribution is -0.139. The van der Waals surface area contributed by atoms with Crippen LogP contribution in [0.2, 0.25) is 0 Å². The molecule has 0 unspecified atom stereocenters. The highest BCUT2D eigenvalue weighted by atomic mass is 16.5. The second kappa shape index (κ2) is 7.09. The van der Waals surface area contributed by atoms with Gasteiger partial charge < -0.3 is 9.64 Å². The highest BCUT2D eigenvalue weighted by Crippen LogP contribution is 2.20. The van der Waals surface area contributed by atoms with Crippen molar-refractivity contribution in [1.29, 1.82) is 0 Å². The molecule has 0 bridgehead atoms. The average molecular weight is 298 g/mol. The quantitative estimate of drug-likeness (QED) is 0.853. The summed E-state index contributed by atoms with van der Waals surface area (Å²) in [7, 11) is 0. The molecule has 1 aliphatic heterocycles. The molecule has 22 heavy (non-hydrogen) atoms. The number of carbonyl (C=O) groups excluding carboxylic acids is 1. The SMILES string of the molecule is O=C(CCc1cccnc1)N1CCO[C@@H](c2cnccn2)C1. The number of amides is 1. The third-order valence-electron chi connectivity index (χ3n) is 3.68. The van der Waals surface area contributed by atoms with E-state index in [0.717, 1.165) is 11.3 Å². The molecule has 0 radical (unpaired) electrons. The summed E-state index contributed by atoms with van der Waals surface area (Å²) in [6, 6.07) is 3.88. The Kier molecular flexibility index (Phi) is 4.70. The maximum atomic E-state index is 12.4. The van der Waals surface area contributed by atoms with Crippen LogP contribution in [0.3, 0.4) is 0 Å². The van der Waals surface area contributed by atoms with Gasteiger partial charge in [0, 0.05) is 37.8 Å². The van der Waals surface area contributed by atoms with Crippen molar-refractivity contribution in [2.24, 2.45) is 0 Å². The zero-order valence-electron chi connectivity index (χ0n) is 12.3. The highest BCUT2D eigenvalue weighted by molar-refractivity contribution is 5.76. The molecule has 3 rings (SSSR count). The Morgan fingerprint density at radius 2 is 2.18 bits per heavy atom. The number of pyridine rings is 1. The van der Waals surface area contributed by atoms with Crippen molar-refractivity contribution >= 4 is 5.91 Å². The number of ether oxygens (including phenoxy) is 1. The molecule has 1 amide bonds. The molecular formula is C16H18N4O2. The number of aromatic nitrogens is 3. The van der Waals surface area contributed by atoms with Gasteiger partial charge in [-0.2, -0.15) is 0 Å². The van der Waals surface area contributed by atoms with Gasteiger partial charge in [-0.25, -0.2) is 0 Å². The Morgan fingerprint density at radius 3 is 2.95 bits per heavy atom. The monoisotopic (exact) mass is 298 g/mol. The number of hydrogen-bond donors (Lipinski definition) is 0. The van der Waals surface area contributed by atoms with Crippen LogP contribution < -0.4 is 0 Å². The van der Waals surface area contributed by atoms with E-state index >= 15 is 0 Å². The summed E-state index contributed by atoms with van der Waals surface area (Å²) in [6.07, 6.45) is 9.50. The summed E-state index contributed by atoms with van der Waals surface area (Å²) in [6.45, 7) is 1.69. The molecule has 6 heteroatoms. The minimum absolute atomic E-state index is 0.140. The van der Waals surface area contributed by atoms with E-state index in [1.54, 1.807) is 31.0 Å². The van der Waals surface area contributed by atoms with Crippen LogP contribution >= 0.6 is 0 Å². The van der Waals surface area contributed by atoms with E-state index in [9.17, 15) is 4.79 Å². The summed E-state index contributed by atoms with van der Waals surface area (Å²) >= 11 is 0. The Hall–Kier alpha value is -2.34. The van der Waals surface area contributed by atoms with Gasteiger partial charge in [0.1, 0.15) is 6.10 Å². The molecule has 0 aromatic carbocycles. The molecule has 0 saturated carbocycles. The number of aryl methyl sites for hydroxylation is 1. The Bertz CT molecular complexity index is 606. The number of morpholine rings is 1. The van der Waals surface area contributed by atoms with Gasteiger partial charge in [-0.3, -0.25) is 19.7 Å². The molecule has 3 heterocycles. The van der Waals surface area contributed by atoms with E-state index in [2.05, 4.69) is 15.0 Å². The molecule has 1 aliphatic rings. The normalized spacial score (nSPS) is 18.2. The second-order valence-electron chi connectivity index (χ2n) is 5.19. The lowest BCUT2D eigenvalue weighted by atomic mass is 10.1. The van der Waals surface area contributed by atoms with E-state index in [1.165, 1.54) is 0 Å². The average Bonchev–Trinajstić information content (AvgIpc) is 2.61. The fourth-order valence-corrected chi connectivity index (χ4v) is 2.49. The minimum Gasteiger partial charge on any atom is -0.368 e. The predicted octanol–water partition coefficient (Wildman–Crippen LogP) is 1.40. The van der Waals surface area contributed by atoms with E-state index < -0.39 is 0 Å². The number of nitrogens with zero attached hydrogens (tertiary/aromatic N) is 4. The lowest BCUT2D eigenvalue weighted by Crippen LogP contribution is -2.42. The molecule has 6 nitrogen and oxygen atoms in total. The van der Waals surface area contributed by atoms with Gasteiger partial charge in [0.15, 0.2) is 0 Å². The lowest BCUT2D eigenvalue weighted by Gasteiger charge is -2.32. The maximum absolute atomic E-state index is 12.4. The number of hydrogen-bond acceptors (Lipinski definition) is 5. The van der Waals surface area contributed by atoms with E-state index in [1.807, 2.05) is 17.0 Å². The van der Waals surface area contributed by atoms with Crippen molar-refractivity contribution in [1.82, 2.24) is 19.9 Å². The molecule has 114 valence electrons. The molecule has 1 atom stereocenters. The minimum atomic E-state index is -0.190. The van der Waals surface area contributed by atoms with Crippen molar-refractivity contribution in [3.63, 3.8) is 0 Å². The first-order valence-electron chi connectivity index (χ1n) is 7.37. The second-order valence-corrected chi connectivity index (χ2v) is 5.19. The first-order valence-corrected chi connectivity index (χ1v) is 7.37. The molecule has 1 saturated heterocycles. The number of rotatable bonds is 4. The zero-order chi connectivity index (χ0) is 15.2. The van der Waals surface area contributed by atoms with Crippen LogP contribution in [0.5, 0.6) is 0 Å². The maximum Gasteiger partial charge on any atom is 0.223 e. The van der Waals surface area contributed by atoms with Gasteiger partial charge in [0.2, 0.25) is 5.91 Å². The predicted molar refractivity (Wildman–Crippen MR) is 79.9 cm³/mol. The molecule has 1 fully saturated rings. The fourth-order valence-electron chi connectivity index (χ4n) is 2.49. The molecular weight excluding hydrogens is 280 g/mol. The number of carbonyl (C=O) groups is 1. The van der Waals surface area contributed by atoms with E-state index in [4.69, 9.17) is 4.74 Å². The van der Waals surface area contributed by atoms with Gasteiger partial charge in [-0.1, -0.05) is 6.07 Å². The highest BCUT2D eigenvalue weighted by Gasteiger charge is 2.26. The zero-order valence-corrected chi connectivity index (χ0v) is 12.3. The summed E-state index contributed by atoms with van der Waals surface area (Å²) in [4.78, 5) is 26.6. The van der Waals surface area contributed by atoms with Gasteiger partial charge in [-0.05, 0) is 18.1 Å². The summed E-state index contributed by atoms with van der Waals surface area (Å²) < 4.78 is 5.70. The smallest absolute Gasteiger partial charge is 0.223 e. The first kappa shape index (κ1) is 14.6. The van der Waals surface area contributed by atoms with E-state index in [-0.39, 0.29) is 12.0 Å². The van der Waals surface area contributed by atoms with Crippen molar-refractivity contribution in [2.45, 2.75) is 18.9 Å². The summed E-state index contributed by atoms with van der Waals surface area (Å²) in [5.41, 5.74) is 1.85. The van der Waals surface area contributed by atoms with Crippen LogP contribution in [0, 0.1) is 0 Å². The van der Waals surface area contributed by atoms with Crippen LogP contribution in [0.25, 0.3) is 0 Å². The molecule has 2 aromatic rings. The molecule has 2 aromatic heterocycles.